The van der Waals surface area contributed by atoms with E-state index in [0.29, 0.717) is 28.8 Å². The van der Waals surface area contributed by atoms with Crippen LogP contribution in [0.2, 0.25) is 0 Å². The molecule has 0 aliphatic heterocycles. The minimum absolute atomic E-state index is 0.487. The van der Waals surface area contributed by atoms with Crippen LogP contribution in [-0.2, 0) is 0 Å². The highest BCUT2D eigenvalue weighted by atomic mass is 15.4. The third-order valence-corrected chi connectivity index (χ3v) is 3.53. The van der Waals surface area contributed by atoms with Crippen molar-refractivity contribution in [2.75, 3.05) is 0 Å². The zero-order valence-corrected chi connectivity index (χ0v) is 12.7. The molecule has 0 amide bonds. The van der Waals surface area contributed by atoms with Crippen LogP contribution >= 0.6 is 0 Å². The maximum absolute atomic E-state index is 4.61. The molecule has 0 bridgehead atoms. The second kappa shape index (κ2) is 5.20. The van der Waals surface area contributed by atoms with Gasteiger partial charge in [-0.3, -0.25) is 0 Å². The lowest BCUT2D eigenvalue weighted by molar-refractivity contribution is 0.841. The highest BCUT2D eigenvalue weighted by Crippen LogP contribution is 2.21. The third kappa shape index (κ3) is 2.32. The Bertz CT molecular complexity index is 992. The van der Waals surface area contributed by atoms with E-state index >= 15 is 0 Å². The van der Waals surface area contributed by atoms with Crippen molar-refractivity contribution in [1.29, 1.82) is 0 Å². The second-order valence-corrected chi connectivity index (χ2v) is 5.14. The molecule has 0 aliphatic carbocycles. The van der Waals surface area contributed by atoms with Gasteiger partial charge in [0.25, 0.3) is 5.78 Å². The fraction of sp³-hybridized carbons (Fsp3) is 0.125. The number of fused-ring (bicyclic) bond motifs is 1. The van der Waals surface area contributed by atoms with Crippen molar-refractivity contribution in [2.24, 2.45) is 0 Å². The minimum Gasteiger partial charge on any atom is -0.237 e. The number of aromatic nitrogens is 7. The number of nitrogens with zero attached hydrogens (tertiary/aromatic N) is 7. The molecule has 0 saturated heterocycles. The van der Waals surface area contributed by atoms with Crippen LogP contribution in [0.1, 0.15) is 11.5 Å². The molecule has 0 unspecified atom stereocenters. The van der Waals surface area contributed by atoms with Crippen molar-refractivity contribution >= 4 is 5.78 Å². The smallest absolute Gasteiger partial charge is 0.237 e. The molecule has 3 aromatic heterocycles. The van der Waals surface area contributed by atoms with Crippen molar-refractivity contribution < 1.29 is 0 Å². The van der Waals surface area contributed by atoms with Gasteiger partial charge in [-0.25, -0.2) is 9.97 Å². The molecule has 112 valence electrons. The van der Waals surface area contributed by atoms with Gasteiger partial charge in [-0.15, -0.1) is 15.3 Å². The Morgan fingerprint density at radius 3 is 2.57 bits per heavy atom. The summed E-state index contributed by atoms with van der Waals surface area (Å²) in [6.45, 7) is 3.75. The van der Waals surface area contributed by atoms with Crippen LogP contribution in [0.15, 0.2) is 42.6 Å². The second-order valence-electron chi connectivity index (χ2n) is 5.14. The summed E-state index contributed by atoms with van der Waals surface area (Å²) in [5.74, 6) is 1.80. The maximum Gasteiger partial charge on any atom is 0.272 e. The molecule has 7 heteroatoms. The first kappa shape index (κ1) is 13.4. The molecule has 0 N–H and O–H groups in total. The minimum atomic E-state index is 0.487. The van der Waals surface area contributed by atoms with Gasteiger partial charge >= 0.3 is 0 Å². The highest BCUT2D eigenvalue weighted by Gasteiger charge is 2.13. The molecular formula is C16H13N7. The Kier molecular flexibility index (Phi) is 3.04. The van der Waals surface area contributed by atoms with E-state index in [1.807, 2.05) is 50.2 Å². The molecule has 1 aromatic carbocycles. The molecule has 0 fully saturated rings. The number of benzene rings is 1. The summed E-state index contributed by atoms with van der Waals surface area (Å²) in [4.78, 5) is 13.2. The first-order chi connectivity index (χ1) is 11.2. The van der Waals surface area contributed by atoms with Gasteiger partial charge in [-0.1, -0.05) is 30.3 Å². The highest BCUT2D eigenvalue weighted by molar-refractivity contribution is 5.62. The molecular weight excluding hydrogens is 290 g/mol. The van der Waals surface area contributed by atoms with Gasteiger partial charge in [0.2, 0.25) is 0 Å². The SMILES string of the molecule is Cc1nc2nnc(-c3ccnc(-c4ccccc4)n3)c(C)n2n1. The van der Waals surface area contributed by atoms with E-state index in [0.717, 1.165) is 11.3 Å². The van der Waals surface area contributed by atoms with Crippen LogP contribution in [0.5, 0.6) is 0 Å². The van der Waals surface area contributed by atoms with E-state index in [2.05, 4.69) is 30.2 Å². The Balaban J connectivity index is 1.86. The summed E-state index contributed by atoms with van der Waals surface area (Å²) in [5, 5.41) is 12.7. The normalized spacial score (nSPS) is 11.0. The average Bonchev–Trinajstić information content (AvgIpc) is 2.98. The van der Waals surface area contributed by atoms with Crippen molar-refractivity contribution in [3.05, 3.63) is 54.1 Å². The van der Waals surface area contributed by atoms with Gasteiger partial charge < -0.3 is 0 Å². The first-order valence-electron chi connectivity index (χ1n) is 7.18. The standard InChI is InChI=1S/C16H13N7/c1-10-14(20-21-16-18-11(2)22-23(10)16)13-8-9-17-15(19-13)12-6-4-3-5-7-12/h3-9H,1-2H3. The summed E-state index contributed by atoms with van der Waals surface area (Å²) in [7, 11) is 0. The summed E-state index contributed by atoms with van der Waals surface area (Å²) in [6, 6.07) is 11.6. The van der Waals surface area contributed by atoms with Crippen molar-refractivity contribution in [2.45, 2.75) is 13.8 Å². The van der Waals surface area contributed by atoms with Gasteiger partial charge in [0.15, 0.2) is 5.82 Å². The van der Waals surface area contributed by atoms with Gasteiger partial charge in [0.05, 0.1) is 11.4 Å². The van der Waals surface area contributed by atoms with Crippen LogP contribution < -0.4 is 0 Å². The summed E-state index contributed by atoms with van der Waals surface area (Å²) in [5.41, 5.74) is 3.17. The monoisotopic (exact) mass is 303 g/mol. The molecule has 4 rings (SSSR count). The van der Waals surface area contributed by atoms with Crippen LogP contribution in [-0.4, -0.2) is 34.8 Å². The van der Waals surface area contributed by atoms with Gasteiger partial charge in [0, 0.05) is 11.8 Å². The van der Waals surface area contributed by atoms with Gasteiger partial charge in [-0.2, -0.15) is 9.50 Å². The van der Waals surface area contributed by atoms with Gasteiger partial charge in [-0.05, 0) is 19.9 Å². The van der Waals surface area contributed by atoms with E-state index in [1.54, 1.807) is 10.7 Å². The third-order valence-electron chi connectivity index (χ3n) is 3.53. The zero-order valence-electron chi connectivity index (χ0n) is 12.7. The van der Waals surface area contributed by atoms with Gasteiger partial charge in [0.1, 0.15) is 11.5 Å². The molecule has 4 aromatic rings. The lowest BCUT2D eigenvalue weighted by atomic mass is 10.2. The van der Waals surface area contributed by atoms with Crippen LogP contribution in [0.4, 0.5) is 0 Å². The zero-order chi connectivity index (χ0) is 15.8. The van der Waals surface area contributed by atoms with Crippen molar-refractivity contribution in [3.8, 4) is 22.8 Å². The number of hydrogen-bond acceptors (Lipinski definition) is 6. The average molecular weight is 303 g/mol. The van der Waals surface area contributed by atoms with Crippen molar-refractivity contribution in [3.63, 3.8) is 0 Å². The molecule has 0 saturated carbocycles. The molecule has 0 aliphatic rings. The molecule has 0 spiro atoms. The van der Waals surface area contributed by atoms with E-state index in [4.69, 9.17) is 0 Å². The lowest BCUT2D eigenvalue weighted by Gasteiger charge is -2.06. The first-order valence-corrected chi connectivity index (χ1v) is 7.18. The van der Waals surface area contributed by atoms with Crippen LogP contribution in [0.3, 0.4) is 0 Å². The molecule has 7 nitrogen and oxygen atoms in total. The predicted octanol–water partition coefficient (Wildman–Crippen LogP) is 2.26. The summed E-state index contributed by atoms with van der Waals surface area (Å²) in [6.07, 6.45) is 1.72. The molecule has 23 heavy (non-hydrogen) atoms. The van der Waals surface area contributed by atoms with E-state index in [9.17, 15) is 0 Å². The topological polar surface area (TPSA) is 81.8 Å². The lowest BCUT2D eigenvalue weighted by Crippen LogP contribution is -2.04. The van der Waals surface area contributed by atoms with E-state index in [1.165, 1.54) is 0 Å². The molecule has 0 radical (unpaired) electrons. The number of hydrogen-bond donors (Lipinski definition) is 0. The van der Waals surface area contributed by atoms with Crippen molar-refractivity contribution in [1.82, 2.24) is 34.8 Å². The van der Waals surface area contributed by atoms with Crippen LogP contribution in [0.25, 0.3) is 28.6 Å². The largest absolute Gasteiger partial charge is 0.272 e. The Morgan fingerprint density at radius 1 is 0.913 bits per heavy atom. The number of rotatable bonds is 2. The van der Waals surface area contributed by atoms with E-state index in [-0.39, 0.29) is 0 Å². The maximum atomic E-state index is 4.61. The Labute approximate surface area is 132 Å². The van der Waals surface area contributed by atoms with Crippen LogP contribution in [0, 0.1) is 13.8 Å². The summed E-state index contributed by atoms with van der Waals surface area (Å²) < 4.78 is 1.68. The Morgan fingerprint density at radius 2 is 1.74 bits per heavy atom. The molecule has 0 atom stereocenters. The fourth-order valence-corrected chi connectivity index (χ4v) is 2.41. The van der Waals surface area contributed by atoms with E-state index < -0.39 is 0 Å². The summed E-state index contributed by atoms with van der Waals surface area (Å²) >= 11 is 0. The predicted molar refractivity (Wildman–Crippen MR) is 84.5 cm³/mol. The quantitative estimate of drug-likeness (QED) is 0.565. The number of aryl methyl sites for hydroxylation is 2. The Hall–Kier alpha value is -3.22. The molecule has 3 heterocycles. The fourth-order valence-electron chi connectivity index (χ4n) is 2.41.